The molecule has 0 aliphatic carbocycles. The number of carbonyl (C=O) groups excluding carboxylic acids is 1. The molecule has 6 nitrogen and oxygen atoms in total. The number of ether oxygens (including phenoxy) is 2. The lowest BCUT2D eigenvalue weighted by atomic mass is 9.96. The van der Waals surface area contributed by atoms with Crippen LogP contribution in [0.2, 0.25) is 0 Å². The van der Waals surface area contributed by atoms with Crippen LogP contribution in [0.1, 0.15) is 37.5 Å². The van der Waals surface area contributed by atoms with Crippen LogP contribution in [-0.4, -0.2) is 24.1 Å². The van der Waals surface area contributed by atoms with Crippen LogP contribution < -0.4 is 14.8 Å². The monoisotopic (exact) mass is 470 g/mol. The molecule has 6 heteroatoms. The molecule has 1 N–H and O–H groups in total. The fourth-order valence-corrected chi connectivity index (χ4v) is 4.08. The van der Waals surface area contributed by atoms with Crippen molar-refractivity contribution < 1.29 is 18.7 Å². The molecule has 0 saturated carbocycles. The molecular weight excluding hydrogens is 440 g/mol. The van der Waals surface area contributed by atoms with Crippen molar-refractivity contribution >= 4 is 22.4 Å². The van der Waals surface area contributed by atoms with Crippen LogP contribution in [0.15, 0.2) is 71.6 Å². The molecule has 4 rings (SSSR count). The molecule has 2 aromatic heterocycles. The molecule has 0 unspecified atom stereocenters. The van der Waals surface area contributed by atoms with E-state index in [4.69, 9.17) is 13.9 Å². The second kappa shape index (κ2) is 10.9. The standard InChI is InChI=1S/C29H30N2O4/c1-5-33-23-11-9-22(10-12-23)26-18-35-29-20(4)28(34-6-2)24(15-25(26)29)19(3)14-27(32)31-17-21-8-7-13-30-16-21/h7-16,18H,5-6,17H2,1-4H3,(H,31,32)/b19-14+. The van der Waals surface area contributed by atoms with Gasteiger partial charge in [0.1, 0.15) is 17.1 Å². The molecule has 35 heavy (non-hydrogen) atoms. The zero-order valence-corrected chi connectivity index (χ0v) is 20.6. The van der Waals surface area contributed by atoms with Crippen LogP contribution in [0.25, 0.3) is 27.7 Å². The first-order chi connectivity index (χ1) is 17.0. The molecule has 0 spiro atoms. The van der Waals surface area contributed by atoms with Crippen LogP contribution in [-0.2, 0) is 11.3 Å². The number of hydrogen-bond acceptors (Lipinski definition) is 5. The van der Waals surface area contributed by atoms with Crippen molar-refractivity contribution in [3.8, 4) is 22.6 Å². The average molecular weight is 471 g/mol. The summed E-state index contributed by atoms with van der Waals surface area (Å²) in [5.74, 6) is 1.38. The minimum Gasteiger partial charge on any atom is -0.494 e. The Bertz CT molecular complexity index is 1340. The SMILES string of the molecule is CCOc1ccc(-c2coc3c(C)c(OCC)c(/C(C)=C/C(=O)NCc4cccnc4)cc23)cc1. The maximum atomic E-state index is 12.7. The van der Waals surface area contributed by atoms with Crippen molar-refractivity contribution in [3.05, 3.63) is 83.9 Å². The fourth-order valence-electron chi connectivity index (χ4n) is 4.08. The number of furan rings is 1. The van der Waals surface area contributed by atoms with Gasteiger partial charge in [0.2, 0.25) is 5.91 Å². The second-order valence-electron chi connectivity index (χ2n) is 8.20. The van der Waals surface area contributed by atoms with Gasteiger partial charge >= 0.3 is 0 Å². The van der Waals surface area contributed by atoms with E-state index < -0.39 is 0 Å². The third kappa shape index (κ3) is 5.38. The summed E-state index contributed by atoms with van der Waals surface area (Å²) in [5, 5.41) is 3.89. The third-order valence-corrected chi connectivity index (χ3v) is 5.77. The minimum absolute atomic E-state index is 0.175. The molecule has 0 aliphatic heterocycles. The number of nitrogens with zero attached hydrogens (tertiary/aromatic N) is 1. The van der Waals surface area contributed by atoms with Crippen molar-refractivity contribution in [2.45, 2.75) is 34.2 Å². The van der Waals surface area contributed by atoms with Gasteiger partial charge in [0.25, 0.3) is 0 Å². The highest BCUT2D eigenvalue weighted by Gasteiger charge is 2.19. The van der Waals surface area contributed by atoms with Gasteiger partial charge in [-0.2, -0.15) is 0 Å². The van der Waals surface area contributed by atoms with E-state index in [9.17, 15) is 4.79 Å². The molecule has 0 aliphatic rings. The Morgan fingerprint density at radius 2 is 1.89 bits per heavy atom. The Morgan fingerprint density at radius 3 is 2.57 bits per heavy atom. The van der Waals surface area contributed by atoms with Gasteiger partial charge in [-0.25, -0.2) is 0 Å². The third-order valence-electron chi connectivity index (χ3n) is 5.77. The number of aromatic nitrogens is 1. The first kappa shape index (κ1) is 24.1. The molecule has 0 bridgehead atoms. The number of aryl methyl sites for hydroxylation is 1. The van der Waals surface area contributed by atoms with Crippen LogP contribution in [0.4, 0.5) is 0 Å². The Labute approximate surface area is 205 Å². The van der Waals surface area contributed by atoms with E-state index >= 15 is 0 Å². The Kier molecular flexibility index (Phi) is 7.51. The minimum atomic E-state index is -0.175. The number of rotatable bonds is 9. The predicted molar refractivity (Wildman–Crippen MR) is 138 cm³/mol. The molecule has 4 aromatic rings. The van der Waals surface area contributed by atoms with Crippen molar-refractivity contribution in [2.24, 2.45) is 0 Å². The molecule has 0 atom stereocenters. The van der Waals surface area contributed by atoms with Crippen molar-refractivity contribution in [2.75, 3.05) is 13.2 Å². The van der Waals surface area contributed by atoms with Crippen molar-refractivity contribution in [1.29, 1.82) is 0 Å². The molecule has 1 amide bonds. The number of amides is 1. The molecule has 180 valence electrons. The maximum absolute atomic E-state index is 12.7. The highest BCUT2D eigenvalue weighted by molar-refractivity contribution is 6.01. The molecule has 0 fully saturated rings. The van der Waals surface area contributed by atoms with Crippen LogP contribution in [0.3, 0.4) is 0 Å². The second-order valence-corrected chi connectivity index (χ2v) is 8.20. The van der Waals surface area contributed by atoms with Gasteiger partial charge in [-0.15, -0.1) is 0 Å². The topological polar surface area (TPSA) is 73.6 Å². The van der Waals surface area contributed by atoms with E-state index in [2.05, 4.69) is 10.3 Å². The summed E-state index contributed by atoms with van der Waals surface area (Å²) in [4.78, 5) is 16.7. The molecule has 2 aromatic carbocycles. The summed E-state index contributed by atoms with van der Waals surface area (Å²) in [6.07, 6.45) is 6.83. The van der Waals surface area contributed by atoms with E-state index in [-0.39, 0.29) is 5.91 Å². The van der Waals surface area contributed by atoms with E-state index in [1.165, 1.54) is 0 Å². The van der Waals surface area contributed by atoms with Gasteiger partial charge < -0.3 is 19.2 Å². The summed E-state index contributed by atoms with van der Waals surface area (Å²) < 4.78 is 17.6. The van der Waals surface area contributed by atoms with E-state index in [0.717, 1.165) is 55.9 Å². The van der Waals surface area contributed by atoms with E-state index in [0.29, 0.717) is 19.8 Å². The zero-order valence-electron chi connectivity index (χ0n) is 20.6. The fraction of sp³-hybridized carbons (Fsp3) is 0.241. The zero-order chi connectivity index (χ0) is 24.8. The average Bonchev–Trinajstić information content (AvgIpc) is 3.30. The number of fused-ring (bicyclic) bond motifs is 1. The Morgan fingerprint density at radius 1 is 1.11 bits per heavy atom. The largest absolute Gasteiger partial charge is 0.494 e. The predicted octanol–water partition coefficient (Wildman–Crippen LogP) is 6.32. The Hall–Kier alpha value is -4.06. The molecule has 0 radical (unpaired) electrons. The molecule has 0 saturated heterocycles. The summed E-state index contributed by atoms with van der Waals surface area (Å²) >= 11 is 0. The highest BCUT2D eigenvalue weighted by atomic mass is 16.5. The van der Waals surface area contributed by atoms with E-state index in [1.807, 2.05) is 70.2 Å². The lowest BCUT2D eigenvalue weighted by Gasteiger charge is -2.15. The number of carbonyl (C=O) groups is 1. The van der Waals surface area contributed by atoms with Gasteiger partial charge in [-0.3, -0.25) is 9.78 Å². The summed E-state index contributed by atoms with van der Waals surface area (Å²) in [5.41, 5.74) is 6.29. The number of hydrogen-bond donors (Lipinski definition) is 1. The number of nitrogens with one attached hydrogen (secondary N) is 1. The lowest BCUT2D eigenvalue weighted by Crippen LogP contribution is -2.20. The van der Waals surface area contributed by atoms with Gasteiger partial charge in [-0.05, 0) is 68.7 Å². The lowest BCUT2D eigenvalue weighted by molar-refractivity contribution is -0.116. The summed E-state index contributed by atoms with van der Waals surface area (Å²) in [6.45, 7) is 9.36. The number of pyridine rings is 1. The summed E-state index contributed by atoms with van der Waals surface area (Å²) in [6, 6.07) is 13.8. The van der Waals surface area contributed by atoms with Crippen LogP contribution in [0.5, 0.6) is 11.5 Å². The first-order valence-electron chi connectivity index (χ1n) is 11.8. The van der Waals surface area contributed by atoms with Gasteiger partial charge in [0.15, 0.2) is 0 Å². The maximum Gasteiger partial charge on any atom is 0.244 e. The van der Waals surface area contributed by atoms with Gasteiger partial charge in [-0.1, -0.05) is 18.2 Å². The quantitative estimate of drug-likeness (QED) is 0.290. The normalized spacial score (nSPS) is 11.5. The Balaban J connectivity index is 1.70. The van der Waals surface area contributed by atoms with Crippen molar-refractivity contribution in [3.63, 3.8) is 0 Å². The smallest absolute Gasteiger partial charge is 0.244 e. The molecule has 2 heterocycles. The first-order valence-corrected chi connectivity index (χ1v) is 11.8. The van der Waals surface area contributed by atoms with Crippen LogP contribution in [0, 0.1) is 6.92 Å². The van der Waals surface area contributed by atoms with Gasteiger partial charge in [0, 0.05) is 47.1 Å². The highest BCUT2D eigenvalue weighted by Crippen LogP contribution is 2.41. The van der Waals surface area contributed by atoms with Crippen molar-refractivity contribution in [1.82, 2.24) is 10.3 Å². The van der Waals surface area contributed by atoms with Crippen LogP contribution >= 0.6 is 0 Å². The number of allylic oxidation sites excluding steroid dienone is 1. The van der Waals surface area contributed by atoms with E-state index in [1.54, 1.807) is 24.7 Å². The molecular formula is C29H30N2O4. The summed E-state index contributed by atoms with van der Waals surface area (Å²) in [7, 11) is 0. The number of benzene rings is 2. The van der Waals surface area contributed by atoms with Gasteiger partial charge in [0.05, 0.1) is 19.5 Å².